The first-order chi connectivity index (χ1) is 15.1. The van der Waals surface area contributed by atoms with Gasteiger partial charge in [0.1, 0.15) is 24.0 Å². The monoisotopic (exact) mass is 422 g/mol. The molecule has 2 aromatic rings. The fourth-order valence-electron chi connectivity index (χ4n) is 5.51. The van der Waals surface area contributed by atoms with Gasteiger partial charge in [-0.15, -0.1) is 6.58 Å². The number of hydrogen-bond donors (Lipinski definition) is 0. The molecule has 2 aromatic carbocycles. The van der Waals surface area contributed by atoms with E-state index in [1.807, 2.05) is 31.2 Å². The van der Waals surface area contributed by atoms with Crippen LogP contribution in [0.15, 0.2) is 61.2 Å². The molecule has 2 aliphatic carbocycles. The summed E-state index contributed by atoms with van der Waals surface area (Å²) in [6, 6.07) is 9.99. The lowest BCUT2D eigenvalue weighted by Gasteiger charge is -2.41. The highest BCUT2D eigenvalue weighted by atomic mass is 19.1. The average Bonchev–Trinajstić information content (AvgIpc) is 2.78. The molecule has 31 heavy (non-hydrogen) atoms. The van der Waals surface area contributed by atoms with E-state index < -0.39 is 5.82 Å². The van der Waals surface area contributed by atoms with E-state index in [0.717, 1.165) is 24.3 Å². The van der Waals surface area contributed by atoms with Gasteiger partial charge in [-0.05, 0) is 98.4 Å². The zero-order chi connectivity index (χ0) is 21.8. The SMILES string of the molecule is C=CC1CCC2CC(c3ccc(-c4ccc(OC/C=C/C)cc4F)cc3F)CCC2C1. The van der Waals surface area contributed by atoms with Gasteiger partial charge in [-0.25, -0.2) is 8.78 Å². The Morgan fingerprint density at radius 1 is 0.968 bits per heavy atom. The number of rotatable bonds is 6. The molecule has 0 aliphatic heterocycles. The Bertz CT molecular complexity index is 948. The van der Waals surface area contributed by atoms with E-state index in [0.29, 0.717) is 35.3 Å². The zero-order valence-electron chi connectivity index (χ0n) is 18.3. The van der Waals surface area contributed by atoms with Crippen molar-refractivity contribution in [2.45, 2.75) is 51.4 Å². The molecule has 0 amide bonds. The molecule has 1 nitrogen and oxygen atoms in total. The van der Waals surface area contributed by atoms with Gasteiger partial charge < -0.3 is 4.74 Å². The zero-order valence-corrected chi connectivity index (χ0v) is 18.3. The summed E-state index contributed by atoms with van der Waals surface area (Å²) in [6.45, 7) is 6.28. The number of hydrogen-bond acceptors (Lipinski definition) is 1. The third-order valence-corrected chi connectivity index (χ3v) is 7.26. The predicted octanol–water partition coefficient (Wildman–Crippen LogP) is 8.07. The summed E-state index contributed by atoms with van der Waals surface area (Å²) in [6.07, 6.45) is 12.8. The van der Waals surface area contributed by atoms with Gasteiger partial charge in [0, 0.05) is 11.6 Å². The minimum absolute atomic E-state index is 0.214. The second kappa shape index (κ2) is 9.80. The van der Waals surface area contributed by atoms with Gasteiger partial charge in [-0.1, -0.05) is 30.4 Å². The predicted molar refractivity (Wildman–Crippen MR) is 123 cm³/mol. The quantitative estimate of drug-likeness (QED) is 0.428. The summed E-state index contributed by atoms with van der Waals surface area (Å²) in [5.74, 6) is 2.24. The Kier molecular flexibility index (Phi) is 6.89. The first-order valence-corrected chi connectivity index (χ1v) is 11.5. The van der Waals surface area contributed by atoms with E-state index in [9.17, 15) is 4.39 Å². The van der Waals surface area contributed by atoms with Gasteiger partial charge in [0.25, 0.3) is 0 Å². The van der Waals surface area contributed by atoms with Crippen molar-refractivity contribution in [3.63, 3.8) is 0 Å². The van der Waals surface area contributed by atoms with Crippen molar-refractivity contribution >= 4 is 0 Å². The van der Waals surface area contributed by atoms with Gasteiger partial charge in [-0.3, -0.25) is 0 Å². The summed E-state index contributed by atoms with van der Waals surface area (Å²) >= 11 is 0. The molecule has 0 radical (unpaired) electrons. The van der Waals surface area contributed by atoms with E-state index in [1.165, 1.54) is 37.8 Å². The number of halogens is 2. The van der Waals surface area contributed by atoms with Crippen LogP contribution in [0.3, 0.4) is 0 Å². The molecule has 4 atom stereocenters. The summed E-state index contributed by atoms with van der Waals surface area (Å²) < 4.78 is 35.3. The van der Waals surface area contributed by atoms with E-state index in [1.54, 1.807) is 12.1 Å². The molecule has 2 fully saturated rings. The smallest absolute Gasteiger partial charge is 0.134 e. The van der Waals surface area contributed by atoms with Crippen LogP contribution in [0.2, 0.25) is 0 Å². The van der Waals surface area contributed by atoms with Gasteiger partial charge >= 0.3 is 0 Å². The molecule has 164 valence electrons. The fourth-order valence-corrected chi connectivity index (χ4v) is 5.51. The summed E-state index contributed by atoms with van der Waals surface area (Å²) in [7, 11) is 0. The van der Waals surface area contributed by atoms with E-state index in [2.05, 4.69) is 12.7 Å². The number of fused-ring (bicyclic) bond motifs is 1. The Balaban J connectivity index is 1.47. The molecule has 2 saturated carbocycles. The highest BCUT2D eigenvalue weighted by Crippen LogP contribution is 2.48. The molecule has 0 spiro atoms. The molecule has 0 saturated heterocycles. The maximum Gasteiger partial charge on any atom is 0.134 e. The van der Waals surface area contributed by atoms with Crippen molar-refractivity contribution in [1.29, 1.82) is 0 Å². The standard InChI is InChI=1S/C28H32F2O/c1-3-5-14-31-24-11-13-26(28(30)18-24)23-10-12-25(27(29)17-23)22-9-8-20-15-19(4-2)6-7-21(20)16-22/h3-5,10-13,17-22H,2,6-9,14-16H2,1H3/b5-3+. The molecule has 0 bridgehead atoms. The van der Waals surface area contributed by atoms with E-state index in [4.69, 9.17) is 4.74 Å². The lowest BCUT2D eigenvalue weighted by atomic mass is 9.64. The second-order valence-electron chi connectivity index (χ2n) is 9.10. The number of ether oxygens (including phenoxy) is 1. The van der Waals surface area contributed by atoms with Crippen molar-refractivity contribution in [1.82, 2.24) is 0 Å². The molecule has 0 heterocycles. The molecule has 0 aromatic heterocycles. The minimum Gasteiger partial charge on any atom is -0.489 e. The molecule has 3 heteroatoms. The number of allylic oxidation sites excluding steroid dienone is 2. The van der Waals surface area contributed by atoms with E-state index >= 15 is 4.39 Å². The molecule has 4 unspecified atom stereocenters. The highest BCUT2D eigenvalue weighted by molar-refractivity contribution is 5.65. The normalized spacial score (nSPS) is 25.9. The van der Waals surface area contributed by atoms with Crippen LogP contribution < -0.4 is 4.74 Å². The Hall–Kier alpha value is -2.42. The first kappa shape index (κ1) is 21.8. The van der Waals surface area contributed by atoms with Crippen LogP contribution in [-0.2, 0) is 0 Å². The van der Waals surface area contributed by atoms with Crippen LogP contribution in [0.25, 0.3) is 11.1 Å². The van der Waals surface area contributed by atoms with Crippen LogP contribution >= 0.6 is 0 Å². The first-order valence-electron chi connectivity index (χ1n) is 11.5. The second-order valence-corrected chi connectivity index (χ2v) is 9.10. The van der Waals surface area contributed by atoms with Crippen molar-refractivity contribution < 1.29 is 13.5 Å². The van der Waals surface area contributed by atoms with Crippen molar-refractivity contribution in [3.8, 4) is 16.9 Å². The molecular weight excluding hydrogens is 390 g/mol. The number of benzene rings is 2. The lowest BCUT2D eigenvalue weighted by Crippen LogP contribution is -2.30. The summed E-state index contributed by atoms with van der Waals surface area (Å²) in [4.78, 5) is 0. The van der Waals surface area contributed by atoms with Gasteiger partial charge in [-0.2, -0.15) is 0 Å². The van der Waals surface area contributed by atoms with Crippen LogP contribution in [0.5, 0.6) is 5.75 Å². The maximum atomic E-state index is 15.1. The Morgan fingerprint density at radius 3 is 2.52 bits per heavy atom. The van der Waals surface area contributed by atoms with Crippen molar-refractivity contribution in [2.75, 3.05) is 6.61 Å². The van der Waals surface area contributed by atoms with Gasteiger partial charge in [0.15, 0.2) is 0 Å². The summed E-state index contributed by atoms with van der Waals surface area (Å²) in [5, 5.41) is 0. The lowest BCUT2D eigenvalue weighted by molar-refractivity contribution is 0.132. The third-order valence-electron chi connectivity index (χ3n) is 7.26. The molecule has 4 rings (SSSR count). The molecular formula is C28H32F2O. The maximum absolute atomic E-state index is 15.1. The Morgan fingerprint density at radius 2 is 1.77 bits per heavy atom. The Labute approximate surface area is 184 Å². The minimum atomic E-state index is -0.399. The van der Waals surface area contributed by atoms with Gasteiger partial charge in [0.05, 0.1) is 0 Å². The van der Waals surface area contributed by atoms with Crippen LogP contribution in [-0.4, -0.2) is 6.61 Å². The van der Waals surface area contributed by atoms with Crippen LogP contribution in [0.4, 0.5) is 8.78 Å². The van der Waals surface area contributed by atoms with E-state index in [-0.39, 0.29) is 11.7 Å². The average molecular weight is 423 g/mol. The van der Waals surface area contributed by atoms with Crippen molar-refractivity contribution in [2.24, 2.45) is 17.8 Å². The molecule has 2 aliphatic rings. The third kappa shape index (κ3) is 4.92. The topological polar surface area (TPSA) is 9.23 Å². The highest BCUT2D eigenvalue weighted by Gasteiger charge is 2.36. The fraction of sp³-hybridized carbons (Fsp3) is 0.429. The largest absolute Gasteiger partial charge is 0.489 e. The van der Waals surface area contributed by atoms with Crippen molar-refractivity contribution in [3.05, 3.63) is 78.4 Å². The molecule has 0 N–H and O–H groups in total. The summed E-state index contributed by atoms with van der Waals surface area (Å²) in [5.41, 5.74) is 1.76. The van der Waals surface area contributed by atoms with Crippen LogP contribution in [0.1, 0.15) is 56.9 Å². The van der Waals surface area contributed by atoms with Crippen LogP contribution in [0, 0.1) is 29.4 Å². The van der Waals surface area contributed by atoms with Gasteiger partial charge in [0.2, 0.25) is 0 Å².